The highest BCUT2D eigenvalue weighted by atomic mass is 32.1. The van der Waals surface area contributed by atoms with Gasteiger partial charge in [0, 0.05) is 42.9 Å². The van der Waals surface area contributed by atoms with Gasteiger partial charge in [-0.25, -0.2) is 8.78 Å². The Labute approximate surface area is 186 Å². The molecule has 1 heterocycles. The molecule has 4 N–H and O–H groups in total. The Bertz CT molecular complexity index is 1000. The van der Waals surface area contributed by atoms with Crippen LogP contribution in [0.4, 0.5) is 27.6 Å². The van der Waals surface area contributed by atoms with Crippen LogP contribution in [-0.2, 0) is 6.54 Å². The second-order valence-corrected chi connectivity index (χ2v) is 7.47. The Morgan fingerprint density at radius 3 is 2.72 bits per heavy atom. The van der Waals surface area contributed by atoms with Gasteiger partial charge in [0.25, 0.3) is 0 Å². The Kier molecular flexibility index (Phi) is 7.46. The number of anilines is 1. The highest BCUT2D eigenvalue weighted by Gasteiger charge is 2.32. The van der Waals surface area contributed by atoms with Crippen LogP contribution in [0.3, 0.4) is 0 Å². The number of hydrogen-bond donors (Lipinski definition) is 3. The lowest BCUT2D eigenvalue weighted by molar-refractivity contribution is -0.274. The van der Waals surface area contributed by atoms with E-state index in [4.69, 9.17) is 5.73 Å². The van der Waals surface area contributed by atoms with Crippen molar-refractivity contribution < 1.29 is 26.7 Å². The minimum atomic E-state index is -4.79. The summed E-state index contributed by atoms with van der Waals surface area (Å²) in [5, 5.41) is 6.65. The number of hydrogen-bond acceptors (Lipinski definition) is 5. The van der Waals surface area contributed by atoms with Gasteiger partial charge in [-0.15, -0.1) is 13.2 Å². The van der Waals surface area contributed by atoms with E-state index in [9.17, 15) is 22.0 Å². The number of alkyl halides is 3. The van der Waals surface area contributed by atoms with Crippen LogP contribution in [0.1, 0.15) is 17.5 Å². The fourth-order valence-corrected chi connectivity index (χ4v) is 3.39. The smallest absolute Gasteiger partial charge is 0.405 e. The van der Waals surface area contributed by atoms with E-state index in [0.29, 0.717) is 25.1 Å². The lowest BCUT2D eigenvalue weighted by Crippen LogP contribution is -2.32. The second-order valence-electron chi connectivity index (χ2n) is 7.03. The van der Waals surface area contributed by atoms with E-state index in [0.717, 1.165) is 18.3 Å². The number of nitrogens with one attached hydrogen (secondary N) is 2. The van der Waals surface area contributed by atoms with E-state index in [1.54, 1.807) is 11.0 Å². The maximum absolute atomic E-state index is 14.6. The third kappa shape index (κ3) is 6.50. The molecule has 0 amide bonds. The van der Waals surface area contributed by atoms with Crippen molar-refractivity contribution in [1.82, 2.24) is 10.7 Å². The monoisotopic (exact) mass is 473 g/mol. The number of thiocarbonyl (C=S) groups is 1. The van der Waals surface area contributed by atoms with Crippen LogP contribution in [0.2, 0.25) is 0 Å². The van der Waals surface area contributed by atoms with Crippen LogP contribution in [0.5, 0.6) is 5.75 Å². The van der Waals surface area contributed by atoms with E-state index in [1.807, 2.05) is 0 Å². The summed E-state index contributed by atoms with van der Waals surface area (Å²) in [6, 6.07) is 7.79. The zero-order valence-corrected chi connectivity index (χ0v) is 17.4. The highest BCUT2D eigenvalue weighted by molar-refractivity contribution is 7.80. The molecule has 172 valence electrons. The summed E-state index contributed by atoms with van der Waals surface area (Å²) in [6.07, 6.45) is -3.12. The molecule has 2 aromatic carbocycles. The molecule has 1 fully saturated rings. The molecule has 32 heavy (non-hydrogen) atoms. The minimum absolute atomic E-state index is 0.0786. The molecular weight excluding hydrogens is 453 g/mol. The van der Waals surface area contributed by atoms with E-state index in [-0.39, 0.29) is 34.7 Å². The maximum Gasteiger partial charge on any atom is 0.573 e. The number of nitrogens with zero attached hydrogens (tertiary/aromatic N) is 2. The summed E-state index contributed by atoms with van der Waals surface area (Å²) in [5.74, 6) is -1.59. The van der Waals surface area contributed by atoms with Crippen LogP contribution < -0.4 is 26.1 Å². The summed E-state index contributed by atoms with van der Waals surface area (Å²) in [5.41, 5.74) is 7.82. The number of hydrazone groups is 1. The quantitative estimate of drug-likeness (QED) is 0.248. The molecule has 2 aromatic rings. The number of halogens is 5. The zero-order valence-electron chi connectivity index (χ0n) is 16.6. The first-order valence-electron chi connectivity index (χ1n) is 9.52. The molecule has 0 bridgehead atoms. The zero-order chi connectivity index (χ0) is 23.3. The summed E-state index contributed by atoms with van der Waals surface area (Å²) >= 11 is 4.57. The summed E-state index contributed by atoms with van der Waals surface area (Å²) in [4.78, 5) is 1.67. The van der Waals surface area contributed by atoms with Crippen molar-refractivity contribution in [1.29, 1.82) is 0 Å². The first kappa shape index (κ1) is 23.7. The molecule has 0 radical (unpaired) electrons. The summed E-state index contributed by atoms with van der Waals surface area (Å²) < 4.78 is 70.7. The largest absolute Gasteiger partial charge is 0.573 e. The van der Waals surface area contributed by atoms with Gasteiger partial charge in [0.2, 0.25) is 0 Å². The standard InChI is InChI=1S/C20H20F5N5OS/c21-15-8-17(16(22)7-13(15)10-28-29-19(26)32)30-6-5-14(11-30)27-9-12-3-1-2-4-18(12)31-20(23,24)25/h1-4,7-8,10,14,27H,5-6,9,11H2,(H3,26,29,32). The molecule has 1 aliphatic rings. The van der Waals surface area contributed by atoms with Crippen LogP contribution >= 0.6 is 12.2 Å². The van der Waals surface area contributed by atoms with Crippen molar-refractivity contribution in [2.75, 3.05) is 18.0 Å². The molecule has 1 unspecified atom stereocenters. The molecule has 3 rings (SSSR count). The van der Waals surface area contributed by atoms with Gasteiger partial charge in [-0.2, -0.15) is 5.10 Å². The Morgan fingerprint density at radius 1 is 1.25 bits per heavy atom. The number of para-hydroxylation sites is 1. The second kappa shape index (κ2) is 10.1. The van der Waals surface area contributed by atoms with Gasteiger partial charge in [-0.05, 0) is 30.8 Å². The Balaban J connectivity index is 1.62. The van der Waals surface area contributed by atoms with E-state index in [1.165, 1.54) is 18.2 Å². The SMILES string of the molecule is NC(=S)NN=Cc1cc(F)c(N2CCC(NCc3ccccc3OC(F)(F)F)C2)cc1F. The van der Waals surface area contributed by atoms with Crippen molar-refractivity contribution in [3.05, 3.63) is 59.2 Å². The molecule has 1 atom stereocenters. The van der Waals surface area contributed by atoms with E-state index >= 15 is 0 Å². The maximum atomic E-state index is 14.6. The number of rotatable bonds is 7. The van der Waals surface area contributed by atoms with Crippen LogP contribution in [0.25, 0.3) is 0 Å². The molecule has 1 aliphatic heterocycles. The number of ether oxygens (including phenoxy) is 1. The number of nitrogens with two attached hydrogens (primary N) is 1. The van der Waals surface area contributed by atoms with E-state index < -0.39 is 18.0 Å². The van der Waals surface area contributed by atoms with Gasteiger partial charge in [-0.3, -0.25) is 5.43 Å². The predicted molar refractivity (Wildman–Crippen MR) is 114 cm³/mol. The number of benzene rings is 2. The first-order chi connectivity index (χ1) is 15.1. The third-order valence-corrected chi connectivity index (χ3v) is 4.84. The summed E-state index contributed by atoms with van der Waals surface area (Å²) in [6.45, 7) is 0.938. The van der Waals surface area contributed by atoms with Gasteiger partial charge >= 0.3 is 6.36 Å². The van der Waals surface area contributed by atoms with Crippen LogP contribution in [0.15, 0.2) is 41.5 Å². The van der Waals surface area contributed by atoms with Gasteiger partial charge < -0.3 is 20.7 Å². The van der Waals surface area contributed by atoms with Crippen molar-refractivity contribution in [3.8, 4) is 5.75 Å². The van der Waals surface area contributed by atoms with Gasteiger partial charge in [0.1, 0.15) is 17.4 Å². The van der Waals surface area contributed by atoms with Crippen LogP contribution in [-0.4, -0.2) is 36.8 Å². The van der Waals surface area contributed by atoms with Crippen molar-refractivity contribution in [2.45, 2.75) is 25.4 Å². The topological polar surface area (TPSA) is 74.9 Å². The van der Waals surface area contributed by atoms with Crippen molar-refractivity contribution in [2.24, 2.45) is 10.8 Å². The molecule has 6 nitrogen and oxygen atoms in total. The van der Waals surface area contributed by atoms with E-state index in [2.05, 4.69) is 32.8 Å². The lowest BCUT2D eigenvalue weighted by Gasteiger charge is -2.21. The highest BCUT2D eigenvalue weighted by Crippen LogP contribution is 2.28. The van der Waals surface area contributed by atoms with Crippen molar-refractivity contribution in [3.63, 3.8) is 0 Å². The molecule has 0 aromatic heterocycles. The Hall–Kier alpha value is -2.99. The van der Waals surface area contributed by atoms with Gasteiger partial charge in [0.15, 0.2) is 5.11 Å². The van der Waals surface area contributed by atoms with Gasteiger partial charge in [0.05, 0.1) is 11.9 Å². The fraction of sp³-hybridized carbons (Fsp3) is 0.300. The molecule has 0 aliphatic carbocycles. The lowest BCUT2D eigenvalue weighted by atomic mass is 10.1. The van der Waals surface area contributed by atoms with Crippen molar-refractivity contribution >= 4 is 29.2 Å². The normalized spacial score (nSPS) is 16.5. The predicted octanol–water partition coefficient (Wildman–Crippen LogP) is 3.40. The first-order valence-corrected chi connectivity index (χ1v) is 9.93. The minimum Gasteiger partial charge on any atom is -0.405 e. The third-order valence-electron chi connectivity index (χ3n) is 4.75. The average Bonchev–Trinajstić information content (AvgIpc) is 3.17. The van der Waals surface area contributed by atoms with Crippen LogP contribution in [0, 0.1) is 11.6 Å². The fourth-order valence-electron chi connectivity index (χ4n) is 3.33. The molecular formula is C20H20F5N5OS. The van der Waals surface area contributed by atoms with Gasteiger partial charge in [-0.1, -0.05) is 18.2 Å². The molecule has 0 saturated carbocycles. The molecule has 1 saturated heterocycles. The average molecular weight is 473 g/mol. The summed E-state index contributed by atoms with van der Waals surface area (Å²) in [7, 11) is 0. The Morgan fingerprint density at radius 2 is 2.00 bits per heavy atom. The molecule has 0 spiro atoms. The molecule has 12 heteroatoms.